The summed E-state index contributed by atoms with van der Waals surface area (Å²) in [5, 5.41) is 3.47. The van der Waals surface area contributed by atoms with Crippen molar-refractivity contribution >= 4 is 17.4 Å². The maximum Gasteiger partial charge on any atom is 0.184 e. The van der Waals surface area contributed by atoms with Crippen LogP contribution in [-0.2, 0) is 0 Å². The van der Waals surface area contributed by atoms with Crippen molar-refractivity contribution in [1.29, 1.82) is 0 Å². The molecule has 1 aromatic carbocycles. The van der Waals surface area contributed by atoms with Gasteiger partial charge in [0.15, 0.2) is 5.78 Å². The predicted molar refractivity (Wildman–Crippen MR) is 65.0 cm³/mol. The van der Waals surface area contributed by atoms with E-state index < -0.39 is 5.82 Å². The Hall–Kier alpha value is -0.970. The SMILES string of the molecule is CN1CCNC(C(=O)c2cc(Cl)ccc2F)C1. The third-order valence-corrected chi connectivity index (χ3v) is 3.12. The molecule has 0 saturated carbocycles. The molecule has 1 aromatic rings. The average molecular weight is 257 g/mol. The number of carbonyl (C=O) groups excluding carboxylic acids is 1. The first-order valence-electron chi connectivity index (χ1n) is 5.49. The van der Waals surface area contributed by atoms with Crippen molar-refractivity contribution in [3.8, 4) is 0 Å². The van der Waals surface area contributed by atoms with Gasteiger partial charge in [-0.25, -0.2) is 4.39 Å². The molecule has 1 fully saturated rings. The van der Waals surface area contributed by atoms with Crippen molar-refractivity contribution in [2.24, 2.45) is 0 Å². The fourth-order valence-corrected chi connectivity index (χ4v) is 2.12. The number of nitrogens with one attached hydrogen (secondary N) is 1. The molecular weight excluding hydrogens is 243 g/mol. The van der Waals surface area contributed by atoms with E-state index in [-0.39, 0.29) is 17.4 Å². The van der Waals surface area contributed by atoms with Crippen LogP contribution in [0.3, 0.4) is 0 Å². The van der Waals surface area contributed by atoms with Crippen LogP contribution in [0.15, 0.2) is 18.2 Å². The molecule has 1 N–H and O–H groups in total. The number of piperazine rings is 1. The highest BCUT2D eigenvalue weighted by Crippen LogP contribution is 2.17. The Morgan fingerprint density at radius 2 is 2.35 bits per heavy atom. The Bertz CT molecular complexity index is 439. The number of ketones is 1. The van der Waals surface area contributed by atoms with Crippen LogP contribution in [0.2, 0.25) is 5.02 Å². The molecule has 5 heteroatoms. The average Bonchev–Trinajstić information content (AvgIpc) is 2.31. The molecule has 1 aliphatic heterocycles. The summed E-state index contributed by atoms with van der Waals surface area (Å²) in [6.45, 7) is 2.21. The highest BCUT2D eigenvalue weighted by Gasteiger charge is 2.26. The Kier molecular flexibility index (Phi) is 3.76. The number of rotatable bonds is 2. The molecule has 0 aromatic heterocycles. The molecule has 2 rings (SSSR count). The van der Waals surface area contributed by atoms with Crippen LogP contribution in [-0.4, -0.2) is 43.4 Å². The monoisotopic (exact) mass is 256 g/mol. The van der Waals surface area contributed by atoms with Crippen molar-refractivity contribution < 1.29 is 9.18 Å². The first-order chi connectivity index (χ1) is 8.08. The van der Waals surface area contributed by atoms with Gasteiger partial charge < -0.3 is 10.2 Å². The van der Waals surface area contributed by atoms with Crippen LogP contribution < -0.4 is 5.32 Å². The molecule has 1 atom stereocenters. The number of benzene rings is 1. The second-order valence-electron chi connectivity index (χ2n) is 4.26. The highest BCUT2D eigenvalue weighted by molar-refractivity contribution is 6.31. The molecule has 1 heterocycles. The predicted octanol–water partition coefficient (Wildman–Crippen LogP) is 1.57. The van der Waals surface area contributed by atoms with Crippen LogP contribution in [0.4, 0.5) is 4.39 Å². The van der Waals surface area contributed by atoms with Crippen molar-refractivity contribution in [3.05, 3.63) is 34.6 Å². The van der Waals surface area contributed by atoms with E-state index in [4.69, 9.17) is 11.6 Å². The Morgan fingerprint density at radius 3 is 3.06 bits per heavy atom. The minimum atomic E-state index is -0.519. The van der Waals surface area contributed by atoms with Gasteiger partial charge in [-0.3, -0.25) is 4.79 Å². The largest absolute Gasteiger partial charge is 0.305 e. The maximum absolute atomic E-state index is 13.6. The number of carbonyl (C=O) groups is 1. The lowest BCUT2D eigenvalue weighted by Gasteiger charge is -2.30. The first-order valence-corrected chi connectivity index (χ1v) is 5.87. The second kappa shape index (κ2) is 5.12. The maximum atomic E-state index is 13.6. The van der Waals surface area contributed by atoms with Crippen LogP contribution >= 0.6 is 11.6 Å². The van der Waals surface area contributed by atoms with E-state index in [1.807, 2.05) is 11.9 Å². The molecule has 0 aliphatic carbocycles. The number of Topliss-reactive ketones (excluding diaryl/α,β-unsaturated/α-hetero) is 1. The third kappa shape index (κ3) is 2.83. The zero-order chi connectivity index (χ0) is 12.4. The Labute approximate surface area is 105 Å². The van der Waals surface area contributed by atoms with Crippen LogP contribution in [0.5, 0.6) is 0 Å². The lowest BCUT2D eigenvalue weighted by molar-refractivity contribution is 0.0890. The van der Waals surface area contributed by atoms with E-state index in [9.17, 15) is 9.18 Å². The molecule has 1 aliphatic rings. The molecule has 3 nitrogen and oxygen atoms in total. The molecule has 0 bridgehead atoms. The van der Waals surface area contributed by atoms with Crippen LogP contribution in [0.1, 0.15) is 10.4 Å². The fourth-order valence-electron chi connectivity index (χ4n) is 1.95. The second-order valence-corrected chi connectivity index (χ2v) is 4.69. The summed E-state index contributed by atoms with van der Waals surface area (Å²) in [5.74, 6) is -0.758. The van der Waals surface area contributed by atoms with Gasteiger partial charge in [0.1, 0.15) is 5.82 Å². The standard InChI is InChI=1S/C12H14ClFN2O/c1-16-5-4-15-11(7-16)12(17)9-6-8(13)2-3-10(9)14/h2-3,6,11,15H,4-5,7H2,1H3. The van der Waals surface area contributed by atoms with Gasteiger partial charge in [-0.2, -0.15) is 0 Å². The summed E-state index contributed by atoms with van der Waals surface area (Å²) in [4.78, 5) is 14.2. The minimum absolute atomic E-state index is 0.0605. The fraction of sp³-hybridized carbons (Fsp3) is 0.417. The van der Waals surface area contributed by atoms with Gasteiger partial charge >= 0.3 is 0 Å². The van der Waals surface area contributed by atoms with Crippen LogP contribution in [0.25, 0.3) is 0 Å². The number of hydrogen-bond acceptors (Lipinski definition) is 3. The highest BCUT2D eigenvalue weighted by atomic mass is 35.5. The summed E-state index contributed by atoms with van der Waals surface area (Å²) in [6, 6.07) is 3.69. The van der Waals surface area contributed by atoms with Gasteiger partial charge in [0, 0.05) is 24.7 Å². The molecule has 0 radical (unpaired) electrons. The van der Waals surface area contributed by atoms with Crippen molar-refractivity contribution in [1.82, 2.24) is 10.2 Å². The first kappa shape index (κ1) is 12.5. The minimum Gasteiger partial charge on any atom is -0.305 e. The summed E-state index contributed by atoms with van der Waals surface area (Å²) < 4.78 is 13.6. The van der Waals surface area contributed by atoms with Gasteiger partial charge in [0.25, 0.3) is 0 Å². The lowest BCUT2D eigenvalue weighted by atomic mass is 10.0. The normalized spacial score (nSPS) is 21.5. The molecule has 0 amide bonds. The zero-order valence-corrected chi connectivity index (χ0v) is 10.3. The third-order valence-electron chi connectivity index (χ3n) is 2.89. The molecule has 17 heavy (non-hydrogen) atoms. The smallest absolute Gasteiger partial charge is 0.184 e. The number of nitrogens with zero attached hydrogens (tertiary/aromatic N) is 1. The molecular formula is C12H14ClFN2O. The van der Waals surface area contributed by atoms with Crippen molar-refractivity contribution in [2.45, 2.75) is 6.04 Å². The van der Waals surface area contributed by atoms with Gasteiger partial charge in [-0.15, -0.1) is 0 Å². The van der Waals surface area contributed by atoms with E-state index in [2.05, 4.69) is 5.32 Å². The summed E-state index contributed by atoms with van der Waals surface area (Å²) >= 11 is 5.78. The zero-order valence-electron chi connectivity index (χ0n) is 9.54. The van der Waals surface area contributed by atoms with Crippen LogP contribution in [0, 0.1) is 5.82 Å². The Morgan fingerprint density at radius 1 is 1.59 bits per heavy atom. The van der Waals surface area contributed by atoms with E-state index in [0.717, 1.165) is 13.1 Å². The van der Waals surface area contributed by atoms with E-state index in [1.165, 1.54) is 18.2 Å². The van der Waals surface area contributed by atoms with E-state index >= 15 is 0 Å². The quantitative estimate of drug-likeness (QED) is 0.816. The van der Waals surface area contributed by atoms with E-state index in [1.54, 1.807) is 0 Å². The number of likely N-dealkylation sites (N-methyl/N-ethyl adjacent to an activating group) is 1. The van der Waals surface area contributed by atoms with Gasteiger partial charge in [-0.1, -0.05) is 11.6 Å². The number of hydrogen-bond donors (Lipinski definition) is 1. The van der Waals surface area contributed by atoms with Gasteiger partial charge in [0.2, 0.25) is 0 Å². The van der Waals surface area contributed by atoms with Gasteiger partial charge in [0.05, 0.1) is 11.6 Å². The van der Waals surface area contributed by atoms with E-state index in [0.29, 0.717) is 11.6 Å². The van der Waals surface area contributed by atoms with Gasteiger partial charge in [-0.05, 0) is 25.2 Å². The summed E-state index contributed by atoms with van der Waals surface area (Å²) in [5.41, 5.74) is 0.0605. The lowest BCUT2D eigenvalue weighted by Crippen LogP contribution is -2.52. The molecule has 1 unspecified atom stereocenters. The number of halogens is 2. The summed E-state index contributed by atoms with van der Waals surface area (Å²) in [7, 11) is 1.94. The molecule has 1 saturated heterocycles. The molecule has 0 spiro atoms. The Balaban J connectivity index is 2.21. The topological polar surface area (TPSA) is 32.3 Å². The van der Waals surface area contributed by atoms with Crippen molar-refractivity contribution in [2.75, 3.05) is 26.7 Å². The van der Waals surface area contributed by atoms with Crippen molar-refractivity contribution in [3.63, 3.8) is 0 Å². The summed E-state index contributed by atoms with van der Waals surface area (Å²) in [6.07, 6.45) is 0. The molecule has 92 valence electrons.